The monoisotopic (exact) mass is 264 g/mol. The first-order valence-corrected chi connectivity index (χ1v) is 4.66. The van der Waals surface area contributed by atoms with Gasteiger partial charge in [-0.3, -0.25) is 0 Å². The molecule has 0 unspecified atom stereocenters. The second-order valence-electron chi connectivity index (χ2n) is 3.12. The minimum atomic E-state index is -4.98. The molecule has 0 spiro atoms. The van der Waals surface area contributed by atoms with Gasteiger partial charge in [0, 0.05) is 11.6 Å². The van der Waals surface area contributed by atoms with E-state index in [-0.39, 0.29) is 17.1 Å². The van der Waals surface area contributed by atoms with Gasteiger partial charge in [0.1, 0.15) is 12.4 Å². The average molecular weight is 264 g/mol. The fourth-order valence-electron chi connectivity index (χ4n) is 1.25. The van der Waals surface area contributed by atoms with E-state index in [9.17, 15) is 17.6 Å². The van der Waals surface area contributed by atoms with Crippen LogP contribution in [0.5, 0.6) is 11.6 Å². The number of hydrogen-bond donors (Lipinski definition) is 0. The summed E-state index contributed by atoms with van der Waals surface area (Å²) in [7, 11) is 1.23. The molecule has 0 saturated heterocycles. The van der Waals surface area contributed by atoms with Gasteiger partial charge in [-0.15, -0.1) is 13.2 Å². The molecule has 0 N–H and O–H groups in total. The standard InChI is InChI=1S/C10H8F4N2O2/c1-17-8-4-6(5-11)9(18-10(12,13)14)7(16-8)2-3-15/h4H,2,5H2,1H3. The molecular formula is C10H8F4N2O2. The molecule has 0 aromatic carbocycles. The molecule has 0 aliphatic carbocycles. The zero-order valence-electron chi connectivity index (χ0n) is 9.21. The smallest absolute Gasteiger partial charge is 0.481 e. The summed E-state index contributed by atoms with van der Waals surface area (Å²) in [6, 6.07) is 2.61. The third-order valence-electron chi connectivity index (χ3n) is 1.91. The van der Waals surface area contributed by atoms with Crippen LogP contribution in [-0.2, 0) is 13.1 Å². The van der Waals surface area contributed by atoms with E-state index >= 15 is 0 Å². The number of halogens is 4. The number of ether oxygens (including phenoxy) is 2. The SMILES string of the molecule is COc1cc(CF)c(OC(F)(F)F)c(CC#N)n1. The molecule has 1 aromatic heterocycles. The Morgan fingerprint density at radius 2 is 2.11 bits per heavy atom. The molecule has 0 radical (unpaired) electrons. The summed E-state index contributed by atoms with van der Waals surface area (Å²) in [6.45, 7) is -1.19. The minimum absolute atomic E-state index is 0.0811. The fraction of sp³-hybridized carbons (Fsp3) is 0.400. The molecule has 1 aromatic rings. The van der Waals surface area contributed by atoms with Crippen molar-refractivity contribution in [3.8, 4) is 17.7 Å². The van der Waals surface area contributed by atoms with E-state index in [0.717, 1.165) is 6.07 Å². The second kappa shape index (κ2) is 5.53. The third kappa shape index (κ3) is 3.48. The van der Waals surface area contributed by atoms with Gasteiger partial charge in [0.15, 0.2) is 5.75 Å². The summed E-state index contributed by atoms with van der Waals surface area (Å²) in [4.78, 5) is 3.64. The highest BCUT2D eigenvalue weighted by Crippen LogP contribution is 2.32. The maximum absolute atomic E-state index is 12.7. The maximum Gasteiger partial charge on any atom is 0.573 e. The molecule has 0 fully saturated rings. The van der Waals surface area contributed by atoms with Crippen LogP contribution in [0.15, 0.2) is 6.07 Å². The number of rotatable bonds is 4. The number of alkyl halides is 4. The minimum Gasteiger partial charge on any atom is -0.481 e. The van der Waals surface area contributed by atoms with E-state index in [1.807, 2.05) is 0 Å². The number of aromatic nitrogens is 1. The quantitative estimate of drug-likeness (QED) is 0.784. The summed E-state index contributed by atoms with van der Waals surface area (Å²) in [5.41, 5.74) is -0.689. The molecule has 1 heterocycles. The van der Waals surface area contributed by atoms with Gasteiger partial charge in [0.25, 0.3) is 0 Å². The molecule has 18 heavy (non-hydrogen) atoms. The van der Waals surface area contributed by atoms with E-state index in [0.29, 0.717) is 0 Å². The van der Waals surface area contributed by atoms with Gasteiger partial charge in [-0.05, 0) is 0 Å². The Kier molecular flexibility index (Phi) is 4.31. The Labute approximate surface area is 99.8 Å². The van der Waals surface area contributed by atoms with Crippen molar-refractivity contribution in [3.05, 3.63) is 17.3 Å². The van der Waals surface area contributed by atoms with Crippen LogP contribution >= 0.6 is 0 Å². The molecule has 8 heteroatoms. The highest BCUT2D eigenvalue weighted by Gasteiger charge is 2.34. The predicted octanol–water partition coefficient (Wildman–Crippen LogP) is 2.52. The highest BCUT2D eigenvalue weighted by atomic mass is 19.4. The van der Waals surface area contributed by atoms with Gasteiger partial charge in [0.05, 0.1) is 19.6 Å². The summed E-state index contributed by atoms with van der Waals surface area (Å²) < 4.78 is 57.6. The summed E-state index contributed by atoms with van der Waals surface area (Å²) in [6.07, 6.45) is -5.43. The summed E-state index contributed by atoms with van der Waals surface area (Å²) in [5, 5.41) is 8.51. The van der Waals surface area contributed by atoms with Crippen LogP contribution in [-0.4, -0.2) is 18.5 Å². The highest BCUT2D eigenvalue weighted by molar-refractivity contribution is 5.42. The Balaban J connectivity index is 3.30. The zero-order chi connectivity index (χ0) is 13.8. The second-order valence-corrected chi connectivity index (χ2v) is 3.12. The number of pyridine rings is 1. The lowest BCUT2D eigenvalue weighted by atomic mass is 10.2. The van der Waals surface area contributed by atoms with Gasteiger partial charge in [-0.1, -0.05) is 0 Å². The lowest BCUT2D eigenvalue weighted by Crippen LogP contribution is -2.19. The number of hydrogen-bond acceptors (Lipinski definition) is 4. The topological polar surface area (TPSA) is 55.1 Å². The number of nitrogens with zero attached hydrogens (tertiary/aromatic N) is 2. The van der Waals surface area contributed by atoms with E-state index in [4.69, 9.17) is 10.00 Å². The van der Waals surface area contributed by atoms with Crippen molar-refractivity contribution >= 4 is 0 Å². The molecule has 4 nitrogen and oxygen atoms in total. The van der Waals surface area contributed by atoms with Crippen LogP contribution in [0.25, 0.3) is 0 Å². The first kappa shape index (κ1) is 14.0. The predicted molar refractivity (Wildman–Crippen MR) is 51.6 cm³/mol. The van der Waals surface area contributed by atoms with Crippen LogP contribution in [0.2, 0.25) is 0 Å². The van der Waals surface area contributed by atoms with Crippen molar-refractivity contribution in [2.45, 2.75) is 19.5 Å². The maximum atomic E-state index is 12.7. The summed E-state index contributed by atoms with van der Waals surface area (Å²) in [5.74, 6) is -0.866. The summed E-state index contributed by atoms with van der Waals surface area (Å²) >= 11 is 0. The molecule has 0 atom stereocenters. The van der Waals surface area contributed by atoms with Gasteiger partial charge in [-0.2, -0.15) is 5.26 Å². The van der Waals surface area contributed by atoms with Gasteiger partial charge in [-0.25, -0.2) is 9.37 Å². The average Bonchev–Trinajstić information content (AvgIpc) is 2.29. The van der Waals surface area contributed by atoms with Gasteiger partial charge in [0.2, 0.25) is 5.88 Å². The van der Waals surface area contributed by atoms with Crippen LogP contribution in [0.1, 0.15) is 11.3 Å². The van der Waals surface area contributed by atoms with E-state index in [1.165, 1.54) is 7.11 Å². The van der Waals surface area contributed by atoms with Gasteiger partial charge >= 0.3 is 6.36 Å². The number of methoxy groups -OCH3 is 1. The van der Waals surface area contributed by atoms with Crippen molar-refractivity contribution in [1.82, 2.24) is 4.98 Å². The zero-order valence-corrected chi connectivity index (χ0v) is 9.21. The molecule has 0 aliphatic heterocycles. The number of nitriles is 1. The first-order chi connectivity index (χ1) is 8.41. The third-order valence-corrected chi connectivity index (χ3v) is 1.91. The Morgan fingerprint density at radius 3 is 2.56 bits per heavy atom. The lowest BCUT2D eigenvalue weighted by molar-refractivity contribution is -0.275. The largest absolute Gasteiger partial charge is 0.573 e. The normalized spacial score (nSPS) is 10.9. The molecule has 98 valence electrons. The Hall–Kier alpha value is -2.04. The molecule has 0 aliphatic rings. The van der Waals surface area contributed by atoms with Crippen molar-refractivity contribution in [1.29, 1.82) is 5.26 Å². The van der Waals surface area contributed by atoms with Crippen LogP contribution in [0.4, 0.5) is 17.6 Å². The van der Waals surface area contributed by atoms with Crippen LogP contribution < -0.4 is 9.47 Å². The molecular weight excluding hydrogens is 256 g/mol. The fourth-order valence-corrected chi connectivity index (χ4v) is 1.25. The molecule has 0 bridgehead atoms. The molecule has 1 rings (SSSR count). The Bertz CT molecular complexity index is 468. The van der Waals surface area contributed by atoms with Crippen molar-refractivity contribution in [3.63, 3.8) is 0 Å². The first-order valence-electron chi connectivity index (χ1n) is 4.66. The van der Waals surface area contributed by atoms with E-state index in [2.05, 4.69) is 9.72 Å². The van der Waals surface area contributed by atoms with E-state index in [1.54, 1.807) is 6.07 Å². The lowest BCUT2D eigenvalue weighted by Gasteiger charge is -2.15. The van der Waals surface area contributed by atoms with Crippen molar-refractivity contribution < 1.29 is 27.0 Å². The molecule has 0 saturated carbocycles. The van der Waals surface area contributed by atoms with E-state index < -0.39 is 25.2 Å². The molecule has 0 amide bonds. The van der Waals surface area contributed by atoms with Crippen molar-refractivity contribution in [2.75, 3.05) is 7.11 Å². The van der Waals surface area contributed by atoms with Crippen molar-refractivity contribution in [2.24, 2.45) is 0 Å². The Morgan fingerprint density at radius 1 is 1.44 bits per heavy atom. The van der Waals surface area contributed by atoms with Crippen LogP contribution in [0.3, 0.4) is 0 Å². The van der Waals surface area contributed by atoms with Gasteiger partial charge < -0.3 is 9.47 Å². The van der Waals surface area contributed by atoms with Crippen LogP contribution in [0, 0.1) is 11.3 Å².